The molecule has 0 saturated heterocycles. The van der Waals surface area contributed by atoms with Crippen LogP contribution in [-0.2, 0) is 6.11 Å². The lowest BCUT2D eigenvalue weighted by Gasteiger charge is -2.29. The van der Waals surface area contributed by atoms with E-state index in [-0.39, 0.29) is 23.5 Å². The minimum Gasteiger partial charge on any atom is -0.429 e. The predicted molar refractivity (Wildman–Crippen MR) is 143 cm³/mol. The standard InChI is InChI=1S/C33H22F10O/c1-17-2-4-18(5-3-17)19-6-8-20(9-7-19)21-13-27(36)30(28(37)14-21)33(42,43)44-23-12-22-15-25(34)24(10-11-32(39,40)41)31(38)29(22)26(35)16-23/h2-5,12-16,19-20H,6-9H2,1H3. The van der Waals surface area contributed by atoms with Gasteiger partial charge in [-0.25, -0.2) is 22.0 Å². The van der Waals surface area contributed by atoms with Crippen LogP contribution in [0, 0.1) is 47.9 Å². The van der Waals surface area contributed by atoms with Crippen molar-refractivity contribution in [3.63, 3.8) is 0 Å². The molecule has 1 aliphatic carbocycles. The Morgan fingerprint density at radius 3 is 1.82 bits per heavy atom. The van der Waals surface area contributed by atoms with Crippen LogP contribution in [-0.4, -0.2) is 6.18 Å². The summed E-state index contributed by atoms with van der Waals surface area (Å²) in [5.41, 5.74) is -0.653. The summed E-state index contributed by atoms with van der Waals surface area (Å²) < 4.78 is 145. The zero-order valence-corrected chi connectivity index (χ0v) is 22.9. The number of fused-ring (bicyclic) bond motifs is 1. The van der Waals surface area contributed by atoms with Crippen molar-refractivity contribution in [3.05, 3.63) is 112 Å². The lowest BCUT2D eigenvalue weighted by molar-refractivity contribution is -0.189. The van der Waals surface area contributed by atoms with E-state index in [0.29, 0.717) is 30.9 Å². The average Bonchev–Trinajstić information content (AvgIpc) is 2.91. The van der Waals surface area contributed by atoms with E-state index >= 15 is 17.6 Å². The Hall–Kier alpha value is -4.20. The van der Waals surface area contributed by atoms with Crippen LogP contribution in [0.15, 0.2) is 54.6 Å². The molecule has 4 aromatic rings. The summed E-state index contributed by atoms with van der Waals surface area (Å²) in [6.45, 7) is 1.98. The van der Waals surface area contributed by atoms with E-state index < -0.39 is 69.0 Å². The highest BCUT2D eigenvalue weighted by Crippen LogP contribution is 2.43. The van der Waals surface area contributed by atoms with Gasteiger partial charge in [0.15, 0.2) is 5.82 Å². The molecular weight excluding hydrogens is 602 g/mol. The van der Waals surface area contributed by atoms with E-state index in [0.717, 1.165) is 36.1 Å². The summed E-state index contributed by atoms with van der Waals surface area (Å²) in [5.74, 6) is -7.39. The van der Waals surface area contributed by atoms with E-state index in [1.54, 1.807) is 0 Å². The van der Waals surface area contributed by atoms with Gasteiger partial charge in [0.05, 0.1) is 10.9 Å². The van der Waals surface area contributed by atoms with Gasteiger partial charge in [-0.15, -0.1) is 0 Å². The SMILES string of the molecule is Cc1ccc(C2CCC(c3cc(F)c(C(F)(F)Oc4cc(F)c5c(F)c(C#CC(F)(F)F)c(F)cc5c4)c(F)c3)CC2)cc1. The summed E-state index contributed by atoms with van der Waals surface area (Å²) in [4.78, 5) is 0. The van der Waals surface area contributed by atoms with Crippen LogP contribution in [0.4, 0.5) is 43.9 Å². The summed E-state index contributed by atoms with van der Waals surface area (Å²) in [5, 5.41) is -1.76. The van der Waals surface area contributed by atoms with Gasteiger partial charge in [-0.2, -0.15) is 22.0 Å². The monoisotopic (exact) mass is 624 g/mol. The van der Waals surface area contributed by atoms with Crippen LogP contribution >= 0.6 is 0 Å². The number of halogens is 10. The molecule has 1 aliphatic rings. The fourth-order valence-corrected chi connectivity index (χ4v) is 5.60. The van der Waals surface area contributed by atoms with Crippen LogP contribution in [0.1, 0.15) is 65.3 Å². The molecule has 4 aromatic carbocycles. The molecule has 0 atom stereocenters. The van der Waals surface area contributed by atoms with Gasteiger partial charge in [-0.05, 0) is 85.2 Å². The average molecular weight is 625 g/mol. The van der Waals surface area contributed by atoms with Crippen LogP contribution in [0.25, 0.3) is 10.8 Å². The van der Waals surface area contributed by atoms with E-state index in [1.165, 1.54) is 5.92 Å². The second kappa shape index (κ2) is 11.7. The van der Waals surface area contributed by atoms with E-state index in [2.05, 4.69) is 4.74 Å². The van der Waals surface area contributed by atoms with Gasteiger partial charge in [0.25, 0.3) is 0 Å². The molecule has 0 bridgehead atoms. The minimum absolute atomic E-state index is 0.203. The molecule has 0 heterocycles. The first-order valence-electron chi connectivity index (χ1n) is 13.5. The molecule has 5 rings (SSSR count). The molecule has 0 aromatic heterocycles. The van der Waals surface area contributed by atoms with Gasteiger partial charge < -0.3 is 4.74 Å². The molecule has 1 nitrogen and oxygen atoms in total. The molecule has 0 aliphatic heterocycles. The minimum atomic E-state index is -5.10. The summed E-state index contributed by atoms with van der Waals surface area (Å²) in [7, 11) is 0. The van der Waals surface area contributed by atoms with Crippen LogP contribution in [0.5, 0.6) is 5.75 Å². The Bertz CT molecular complexity index is 1750. The molecule has 11 heteroatoms. The van der Waals surface area contributed by atoms with Crippen molar-refractivity contribution >= 4 is 10.8 Å². The van der Waals surface area contributed by atoms with Crippen molar-refractivity contribution in [1.29, 1.82) is 0 Å². The Morgan fingerprint density at radius 2 is 1.25 bits per heavy atom. The van der Waals surface area contributed by atoms with Gasteiger partial charge in [0.2, 0.25) is 0 Å². The maximum Gasteiger partial charge on any atom is 0.458 e. The van der Waals surface area contributed by atoms with Crippen molar-refractivity contribution in [1.82, 2.24) is 0 Å². The summed E-state index contributed by atoms with van der Waals surface area (Å²) >= 11 is 0. The fraction of sp³-hybridized carbons (Fsp3) is 0.273. The third-order valence-corrected chi connectivity index (χ3v) is 7.73. The first-order chi connectivity index (χ1) is 20.6. The zero-order chi connectivity index (χ0) is 32.0. The van der Waals surface area contributed by atoms with Gasteiger partial charge in [-0.3, -0.25) is 0 Å². The van der Waals surface area contributed by atoms with Crippen LogP contribution in [0.2, 0.25) is 0 Å². The van der Waals surface area contributed by atoms with E-state index in [4.69, 9.17) is 0 Å². The third-order valence-electron chi connectivity index (χ3n) is 7.73. The fourth-order valence-electron chi connectivity index (χ4n) is 5.60. The first kappa shape index (κ1) is 31.2. The van der Waals surface area contributed by atoms with E-state index in [9.17, 15) is 26.3 Å². The quantitative estimate of drug-likeness (QED) is 0.159. The number of rotatable bonds is 5. The Balaban J connectivity index is 1.38. The number of benzene rings is 4. The topological polar surface area (TPSA) is 9.23 Å². The second-order valence-electron chi connectivity index (χ2n) is 10.7. The first-order valence-corrected chi connectivity index (χ1v) is 13.5. The molecule has 0 amide bonds. The number of alkyl halides is 5. The van der Waals surface area contributed by atoms with Crippen molar-refractivity contribution in [2.45, 2.75) is 56.7 Å². The van der Waals surface area contributed by atoms with Gasteiger partial charge >= 0.3 is 12.3 Å². The van der Waals surface area contributed by atoms with Gasteiger partial charge in [-0.1, -0.05) is 35.7 Å². The van der Waals surface area contributed by atoms with Crippen molar-refractivity contribution in [2.75, 3.05) is 0 Å². The molecule has 44 heavy (non-hydrogen) atoms. The Morgan fingerprint density at radius 1 is 0.682 bits per heavy atom. The third kappa shape index (κ3) is 6.49. The molecule has 0 unspecified atom stereocenters. The second-order valence-corrected chi connectivity index (χ2v) is 10.7. The number of hydrogen-bond donors (Lipinski definition) is 0. The van der Waals surface area contributed by atoms with Gasteiger partial charge in [0, 0.05) is 12.0 Å². The molecule has 0 N–H and O–H groups in total. The van der Waals surface area contributed by atoms with Crippen LogP contribution in [0.3, 0.4) is 0 Å². The smallest absolute Gasteiger partial charge is 0.429 e. The molecular formula is C33H22F10O. The normalized spacial score (nSPS) is 17.3. The molecule has 0 radical (unpaired) electrons. The highest BCUT2D eigenvalue weighted by Gasteiger charge is 2.42. The summed E-state index contributed by atoms with van der Waals surface area (Å²) in [6.07, 6.45) is -7.15. The van der Waals surface area contributed by atoms with E-state index in [1.807, 2.05) is 31.2 Å². The van der Waals surface area contributed by atoms with Crippen LogP contribution < -0.4 is 4.74 Å². The molecule has 230 valence electrons. The highest BCUT2D eigenvalue weighted by molar-refractivity contribution is 5.87. The predicted octanol–water partition coefficient (Wildman–Crippen LogP) is 10.3. The summed E-state index contributed by atoms with van der Waals surface area (Å²) in [6, 6.07) is 10.9. The highest BCUT2D eigenvalue weighted by atomic mass is 19.4. The zero-order valence-electron chi connectivity index (χ0n) is 22.9. The van der Waals surface area contributed by atoms with Gasteiger partial charge in [0.1, 0.15) is 34.6 Å². The number of ether oxygens (including phenoxy) is 1. The van der Waals surface area contributed by atoms with Crippen molar-refractivity contribution in [3.8, 4) is 17.6 Å². The van der Waals surface area contributed by atoms with Crippen molar-refractivity contribution in [2.24, 2.45) is 0 Å². The number of hydrogen-bond acceptors (Lipinski definition) is 1. The lowest BCUT2D eigenvalue weighted by Crippen LogP contribution is -2.26. The van der Waals surface area contributed by atoms with Crippen molar-refractivity contribution < 1.29 is 48.6 Å². The molecule has 1 saturated carbocycles. The maximum absolute atomic E-state index is 15.1. The lowest BCUT2D eigenvalue weighted by atomic mass is 9.76. The number of aryl methyl sites for hydroxylation is 1. The Kier molecular flexibility index (Phi) is 8.31. The molecule has 1 fully saturated rings. The Labute approximate surface area is 245 Å². The maximum atomic E-state index is 15.1. The largest absolute Gasteiger partial charge is 0.458 e. The molecule has 0 spiro atoms.